The van der Waals surface area contributed by atoms with Gasteiger partial charge in [-0.05, 0) is 29.8 Å². The van der Waals surface area contributed by atoms with Gasteiger partial charge in [0, 0.05) is 4.48 Å². The first-order valence-corrected chi connectivity index (χ1v) is 5.73. The summed E-state index contributed by atoms with van der Waals surface area (Å²) < 4.78 is 6.54. The molecule has 0 atom stereocenters. The van der Waals surface area contributed by atoms with Crippen LogP contribution in [0.5, 0.6) is 11.5 Å². The van der Waals surface area contributed by atoms with E-state index in [4.69, 9.17) is 4.74 Å². The van der Waals surface area contributed by atoms with Crippen LogP contribution < -0.4 is 4.74 Å². The molecule has 0 aromatic heterocycles. The number of para-hydroxylation sites is 1. The summed E-state index contributed by atoms with van der Waals surface area (Å²) in [4.78, 5) is 0. The highest BCUT2D eigenvalue weighted by Gasteiger charge is 1.98. The molecule has 0 amide bonds. The molecule has 0 fully saturated rings. The fraction of sp³-hybridized carbons (Fsp3) is 0. The second-order valence-corrected chi connectivity index (χ2v) is 4.30. The Balaban J connectivity index is 2.14. The molecule has 0 N–H and O–H groups in total. The minimum Gasteiger partial charge on any atom is -0.457 e. The molecule has 0 aliphatic carbocycles. The van der Waals surface area contributed by atoms with E-state index >= 15 is 0 Å². The maximum absolute atomic E-state index is 5.67. The van der Waals surface area contributed by atoms with Gasteiger partial charge in [0.1, 0.15) is 11.5 Å². The molecule has 2 rings (SSSR count). The van der Waals surface area contributed by atoms with Crippen LogP contribution in [0, 0.1) is 0 Å². The maximum Gasteiger partial charge on any atom is 0.127 e. The molecule has 0 spiro atoms. The number of benzene rings is 2. The van der Waals surface area contributed by atoms with Crippen LogP contribution >= 0.6 is 15.9 Å². The standard InChI is InChI=1S/C14H11BrO/c1-11(15)12-7-9-14(10-8-12)16-13-5-3-2-4-6-13/h2-10H,1H2. The monoisotopic (exact) mass is 274 g/mol. The average molecular weight is 275 g/mol. The minimum atomic E-state index is 0.823. The third kappa shape index (κ3) is 2.74. The molecule has 0 heterocycles. The summed E-state index contributed by atoms with van der Waals surface area (Å²) in [5, 5.41) is 0. The van der Waals surface area contributed by atoms with Crippen LogP contribution in [-0.2, 0) is 0 Å². The Morgan fingerprint density at radius 2 is 1.44 bits per heavy atom. The third-order valence-corrected chi connectivity index (χ3v) is 2.60. The molecule has 0 radical (unpaired) electrons. The van der Waals surface area contributed by atoms with Gasteiger partial charge in [0.25, 0.3) is 0 Å². The highest BCUT2D eigenvalue weighted by Crippen LogP contribution is 2.24. The van der Waals surface area contributed by atoms with E-state index < -0.39 is 0 Å². The van der Waals surface area contributed by atoms with E-state index in [0.717, 1.165) is 21.5 Å². The first kappa shape index (κ1) is 11.0. The number of hydrogen-bond acceptors (Lipinski definition) is 1. The zero-order valence-corrected chi connectivity index (χ0v) is 10.3. The molecular weight excluding hydrogens is 264 g/mol. The normalized spacial score (nSPS) is 9.81. The van der Waals surface area contributed by atoms with Crippen molar-refractivity contribution in [3.05, 3.63) is 66.7 Å². The molecular formula is C14H11BrO. The highest BCUT2D eigenvalue weighted by atomic mass is 79.9. The Labute approximate surface area is 104 Å². The van der Waals surface area contributed by atoms with Crippen LogP contribution in [0.3, 0.4) is 0 Å². The van der Waals surface area contributed by atoms with Crippen molar-refractivity contribution in [3.8, 4) is 11.5 Å². The molecule has 16 heavy (non-hydrogen) atoms. The van der Waals surface area contributed by atoms with Gasteiger partial charge in [-0.15, -0.1) is 0 Å². The lowest BCUT2D eigenvalue weighted by atomic mass is 10.2. The van der Waals surface area contributed by atoms with Gasteiger partial charge in [0.2, 0.25) is 0 Å². The summed E-state index contributed by atoms with van der Waals surface area (Å²) in [5.74, 6) is 1.66. The van der Waals surface area contributed by atoms with Gasteiger partial charge < -0.3 is 4.74 Å². The van der Waals surface area contributed by atoms with E-state index in [2.05, 4.69) is 22.5 Å². The van der Waals surface area contributed by atoms with Crippen molar-refractivity contribution in [2.75, 3.05) is 0 Å². The van der Waals surface area contributed by atoms with Gasteiger partial charge in [-0.25, -0.2) is 0 Å². The van der Waals surface area contributed by atoms with Gasteiger partial charge in [-0.1, -0.05) is 52.8 Å². The second kappa shape index (κ2) is 4.99. The quantitative estimate of drug-likeness (QED) is 0.778. The molecule has 0 saturated carbocycles. The highest BCUT2D eigenvalue weighted by molar-refractivity contribution is 9.15. The molecule has 80 valence electrons. The van der Waals surface area contributed by atoms with E-state index in [1.54, 1.807) is 0 Å². The molecule has 1 nitrogen and oxygen atoms in total. The summed E-state index contributed by atoms with van der Waals surface area (Å²) in [7, 11) is 0. The first-order chi connectivity index (χ1) is 7.75. The Morgan fingerprint density at radius 3 is 2.00 bits per heavy atom. The molecule has 0 saturated heterocycles. The van der Waals surface area contributed by atoms with Crippen LogP contribution in [0.25, 0.3) is 4.48 Å². The smallest absolute Gasteiger partial charge is 0.127 e. The van der Waals surface area contributed by atoms with E-state index in [-0.39, 0.29) is 0 Å². The van der Waals surface area contributed by atoms with Crippen LogP contribution in [0.15, 0.2) is 61.2 Å². The summed E-state index contributed by atoms with van der Waals surface area (Å²) in [5.41, 5.74) is 1.06. The van der Waals surface area contributed by atoms with Crippen molar-refractivity contribution in [1.29, 1.82) is 0 Å². The van der Waals surface area contributed by atoms with Crippen LogP contribution in [-0.4, -0.2) is 0 Å². The van der Waals surface area contributed by atoms with Gasteiger partial charge in [-0.2, -0.15) is 0 Å². The number of halogens is 1. The molecule has 2 aromatic carbocycles. The predicted octanol–water partition coefficient (Wildman–Crippen LogP) is 4.84. The van der Waals surface area contributed by atoms with E-state index in [0.29, 0.717) is 0 Å². The number of hydrogen-bond donors (Lipinski definition) is 0. The molecule has 0 unspecified atom stereocenters. The van der Waals surface area contributed by atoms with Gasteiger partial charge in [0.05, 0.1) is 0 Å². The van der Waals surface area contributed by atoms with Crippen LogP contribution in [0.1, 0.15) is 5.56 Å². The van der Waals surface area contributed by atoms with E-state index in [1.165, 1.54) is 0 Å². The topological polar surface area (TPSA) is 9.23 Å². The van der Waals surface area contributed by atoms with Crippen LogP contribution in [0.2, 0.25) is 0 Å². The summed E-state index contributed by atoms with van der Waals surface area (Å²) in [6.45, 7) is 3.81. The lowest BCUT2D eigenvalue weighted by Crippen LogP contribution is -1.83. The Morgan fingerprint density at radius 1 is 0.875 bits per heavy atom. The fourth-order valence-corrected chi connectivity index (χ4v) is 1.59. The number of rotatable bonds is 3. The molecule has 0 bridgehead atoms. The first-order valence-electron chi connectivity index (χ1n) is 4.93. The lowest BCUT2D eigenvalue weighted by Gasteiger charge is -2.05. The lowest BCUT2D eigenvalue weighted by molar-refractivity contribution is 0.482. The van der Waals surface area contributed by atoms with Crippen molar-refractivity contribution >= 4 is 20.4 Å². The largest absolute Gasteiger partial charge is 0.457 e. The Hall–Kier alpha value is -1.54. The van der Waals surface area contributed by atoms with Gasteiger partial charge in [0.15, 0.2) is 0 Å². The van der Waals surface area contributed by atoms with Gasteiger partial charge >= 0.3 is 0 Å². The second-order valence-electron chi connectivity index (χ2n) is 3.34. The van der Waals surface area contributed by atoms with E-state index in [1.807, 2.05) is 54.6 Å². The average Bonchev–Trinajstić information content (AvgIpc) is 2.31. The zero-order chi connectivity index (χ0) is 11.4. The summed E-state index contributed by atoms with van der Waals surface area (Å²) >= 11 is 3.34. The van der Waals surface area contributed by atoms with Crippen molar-refractivity contribution in [2.45, 2.75) is 0 Å². The van der Waals surface area contributed by atoms with E-state index in [9.17, 15) is 0 Å². The molecule has 0 aliphatic heterocycles. The fourth-order valence-electron chi connectivity index (χ4n) is 1.33. The van der Waals surface area contributed by atoms with Crippen molar-refractivity contribution in [3.63, 3.8) is 0 Å². The molecule has 2 heteroatoms. The summed E-state index contributed by atoms with van der Waals surface area (Å²) in [6, 6.07) is 17.5. The Kier molecular flexibility index (Phi) is 3.42. The van der Waals surface area contributed by atoms with Crippen LogP contribution in [0.4, 0.5) is 0 Å². The van der Waals surface area contributed by atoms with Crippen molar-refractivity contribution < 1.29 is 4.74 Å². The van der Waals surface area contributed by atoms with Crippen molar-refractivity contribution in [1.82, 2.24) is 0 Å². The maximum atomic E-state index is 5.67. The number of ether oxygens (including phenoxy) is 1. The minimum absolute atomic E-state index is 0.823. The molecule has 2 aromatic rings. The van der Waals surface area contributed by atoms with Gasteiger partial charge in [-0.3, -0.25) is 0 Å². The summed E-state index contributed by atoms with van der Waals surface area (Å²) in [6.07, 6.45) is 0. The SMILES string of the molecule is C=C(Br)c1ccc(Oc2ccccc2)cc1. The third-order valence-electron chi connectivity index (χ3n) is 2.15. The molecule has 0 aliphatic rings. The predicted molar refractivity (Wildman–Crippen MR) is 70.9 cm³/mol. The Bertz CT molecular complexity index is 474. The zero-order valence-electron chi connectivity index (χ0n) is 8.69. The van der Waals surface area contributed by atoms with Crippen molar-refractivity contribution in [2.24, 2.45) is 0 Å².